The fourth-order valence-electron chi connectivity index (χ4n) is 3.66. The predicted molar refractivity (Wildman–Crippen MR) is 101 cm³/mol. The van der Waals surface area contributed by atoms with Gasteiger partial charge in [0.2, 0.25) is 5.91 Å². The molecule has 1 aliphatic rings. The Morgan fingerprint density at radius 3 is 2.80 bits per heavy atom. The Kier molecular flexibility index (Phi) is 5.76. The molecule has 0 aliphatic carbocycles. The minimum atomic E-state index is 0.0325. The second kappa shape index (κ2) is 8.02. The molecule has 5 heteroatoms. The standard InChI is InChI=1S/C20H29N3O2/c1-23(2)20(10-12-25-13-11-20)15-22-19(24)9-5-6-16-14-21-18-8-4-3-7-17(16)18/h3-4,7-8,14,21H,5-6,9-13,15H2,1-2H3,(H,22,24). The van der Waals surface area contributed by atoms with E-state index in [-0.39, 0.29) is 11.4 Å². The number of aromatic amines is 1. The summed E-state index contributed by atoms with van der Waals surface area (Å²) in [6.07, 6.45) is 6.35. The van der Waals surface area contributed by atoms with Crippen LogP contribution in [0.4, 0.5) is 0 Å². The monoisotopic (exact) mass is 343 g/mol. The second-order valence-electron chi connectivity index (χ2n) is 7.22. The first kappa shape index (κ1) is 18.0. The van der Waals surface area contributed by atoms with Crippen molar-refractivity contribution in [3.05, 3.63) is 36.0 Å². The third-order valence-electron chi connectivity index (χ3n) is 5.51. The highest BCUT2D eigenvalue weighted by atomic mass is 16.5. The van der Waals surface area contributed by atoms with E-state index in [1.54, 1.807) is 0 Å². The van der Waals surface area contributed by atoms with Gasteiger partial charge in [0.25, 0.3) is 0 Å². The van der Waals surface area contributed by atoms with Crippen LogP contribution in [-0.2, 0) is 16.0 Å². The van der Waals surface area contributed by atoms with E-state index in [0.717, 1.165) is 44.4 Å². The number of rotatable bonds is 7. The zero-order valence-electron chi connectivity index (χ0n) is 15.3. The largest absolute Gasteiger partial charge is 0.381 e. The number of aryl methyl sites for hydroxylation is 1. The minimum absolute atomic E-state index is 0.0325. The molecule has 1 fully saturated rings. The average Bonchev–Trinajstić information content (AvgIpc) is 3.04. The van der Waals surface area contributed by atoms with Crippen LogP contribution in [0.15, 0.2) is 30.5 Å². The molecule has 1 aliphatic heterocycles. The third-order valence-corrected chi connectivity index (χ3v) is 5.51. The van der Waals surface area contributed by atoms with Gasteiger partial charge in [0.1, 0.15) is 0 Å². The smallest absolute Gasteiger partial charge is 0.220 e. The van der Waals surface area contributed by atoms with Crippen molar-refractivity contribution in [1.29, 1.82) is 0 Å². The summed E-state index contributed by atoms with van der Waals surface area (Å²) < 4.78 is 5.48. The molecule has 2 N–H and O–H groups in total. The lowest BCUT2D eigenvalue weighted by molar-refractivity contribution is -0.122. The van der Waals surface area contributed by atoms with Crippen LogP contribution in [0.3, 0.4) is 0 Å². The Hall–Kier alpha value is -1.85. The lowest BCUT2D eigenvalue weighted by Gasteiger charge is -2.42. The van der Waals surface area contributed by atoms with Crippen molar-refractivity contribution in [3.8, 4) is 0 Å². The van der Waals surface area contributed by atoms with E-state index in [1.165, 1.54) is 10.9 Å². The molecule has 1 aromatic carbocycles. The Morgan fingerprint density at radius 1 is 1.28 bits per heavy atom. The Balaban J connectivity index is 1.46. The maximum Gasteiger partial charge on any atom is 0.220 e. The number of carbonyl (C=O) groups is 1. The highest BCUT2D eigenvalue weighted by molar-refractivity contribution is 5.83. The molecule has 25 heavy (non-hydrogen) atoms. The van der Waals surface area contributed by atoms with E-state index in [1.807, 2.05) is 6.07 Å². The summed E-state index contributed by atoms with van der Waals surface area (Å²) in [4.78, 5) is 17.8. The number of likely N-dealkylation sites (N-methyl/N-ethyl adjacent to an activating group) is 1. The van der Waals surface area contributed by atoms with Gasteiger partial charge in [0, 0.05) is 48.8 Å². The first-order valence-electron chi connectivity index (χ1n) is 9.18. The topological polar surface area (TPSA) is 57.4 Å². The zero-order valence-corrected chi connectivity index (χ0v) is 15.3. The van der Waals surface area contributed by atoms with Gasteiger partial charge in [-0.25, -0.2) is 0 Å². The van der Waals surface area contributed by atoms with Crippen molar-refractivity contribution < 1.29 is 9.53 Å². The van der Waals surface area contributed by atoms with Crippen molar-refractivity contribution in [2.45, 2.75) is 37.6 Å². The second-order valence-corrected chi connectivity index (χ2v) is 7.22. The summed E-state index contributed by atoms with van der Waals surface area (Å²) in [7, 11) is 4.18. The molecular formula is C20H29N3O2. The van der Waals surface area contributed by atoms with Crippen LogP contribution in [0.25, 0.3) is 10.9 Å². The highest BCUT2D eigenvalue weighted by Gasteiger charge is 2.34. The predicted octanol–water partition coefficient (Wildman–Crippen LogP) is 2.72. The number of nitrogens with zero attached hydrogens (tertiary/aromatic N) is 1. The van der Waals surface area contributed by atoms with Crippen LogP contribution in [0, 0.1) is 0 Å². The van der Waals surface area contributed by atoms with Crippen molar-refractivity contribution in [1.82, 2.24) is 15.2 Å². The van der Waals surface area contributed by atoms with Gasteiger partial charge >= 0.3 is 0 Å². The van der Waals surface area contributed by atoms with E-state index in [0.29, 0.717) is 13.0 Å². The fourth-order valence-corrected chi connectivity index (χ4v) is 3.66. The molecule has 0 atom stereocenters. The number of amides is 1. The molecule has 3 rings (SSSR count). The SMILES string of the molecule is CN(C)C1(CNC(=O)CCCc2c[nH]c3ccccc23)CCOCC1. The molecule has 1 aromatic heterocycles. The lowest BCUT2D eigenvalue weighted by atomic mass is 9.88. The zero-order chi connectivity index (χ0) is 17.7. The van der Waals surface area contributed by atoms with Crippen LogP contribution in [0.1, 0.15) is 31.2 Å². The van der Waals surface area contributed by atoms with Gasteiger partial charge in [-0.3, -0.25) is 4.79 Å². The van der Waals surface area contributed by atoms with Crippen molar-refractivity contribution >= 4 is 16.8 Å². The summed E-state index contributed by atoms with van der Waals surface area (Å²) in [5.74, 6) is 0.146. The number of hydrogen-bond acceptors (Lipinski definition) is 3. The summed E-state index contributed by atoms with van der Waals surface area (Å²) in [5.41, 5.74) is 2.48. The summed E-state index contributed by atoms with van der Waals surface area (Å²) in [6, 6.07) is 8.31. The number of H-pyrrole nitrogens is 1. The van der Waals surface area contributed by atoms with Crippen molar-refractivity contribution in [2.75, 3.05) is 33.9 Å². The normalized spacial score (nSPS) is 17.1. The van der Waals surface area contributed by atoms with Gasteiger partial charge in [0.15, 0.2) is 0 Å². The Labute approximate surface area is 149 Å². The molecule has 2 heterocycles. The Bertz CT molecular complexity index is 702. The molecule has 0 unspecified atom stereocenters. The fraction of sp³-hybridized carbons (Fsp3) is 0.550. The van der Waals surface area contributed by atoms with E-state index in [9.17, 15) is 4.79 Å². The van der Waals surface area contributed by atoms with Crippen LogP contribution in [0.5, 0.6) is 0 Å². The van der Waals surface area contributed by atoms with Gasteiger partial charge in [-0.05, 0) is 51.4 Å². The van der Waals surface area contributed by atoms with Crippen LogP contribution in [0.2, 0.25) is 0 Å². The summed E-state index contributed by atoms with van der Waals surface area (Å²) in [5, 5.41) is 4.41. The van der Waals surface area contributed by atoms with E-state index >= 15 is 0 Å². The number of hydrogen-bond donors (Lipinski definition) is 2. The number of carbonyl (C=O) groups excluding carboxylic acids is 1. The number of para-hydroxylation sites is 1. The van der Waals surface area contributed by atoms with Gasteiger partial charge in [-0.15, -0.1) is 0 Å². The Morgan fingerprint density at radius 2 is 2.04 bits per heavy atom. The molecule has 2 aromatic rings. The maximum atomic E-state index is 12.3. The third kappa shape index (κ3) is 4.22. The average molecular weight is 343 g/mol. The number of fused-ring (bicyclic) bond motifs is 1. The quantitative estimate of drug-likeness (QED) is 0.813. The van der Waals surface area contributed by atoms with Gasteiger partial charge in [0.05, 0.1) is 0 Å². The molecule has 0 bridgehead atoms. The van der Waals surface area contributed by atoms with Crippen LogP contribution in [-0.4, -0.2) is 55.2 Å². The highest BCUT2D eigenvalue weighted by Crippen LogP contribution is 2.25. The first-order chi connectivity index (χ1) is 12.1. The lowest BCUT2D eigenvalue weighted by Crippen LogP contribution is -2.55. The molecule has 0 spiro atoms. The van der Waals surface area contributed by atoms with Crippen LogP contribution < -0.4 is 5.32 Å². The van der Waals surface area contributed by atoms with Gasteiger partial charge in [-0.1, -0.05) is 18.2 Å². The van der Waals surface area contributed by atoms with Crippen molar-refractivity contribution in [3.63, 3.8) is 0 Å². The van der Waals surface area contributed by atoms with Crippen molar-refractivity contribution in [2.24, 2.45) is 0 Å². The molecule has 1 saturated heterocycles. The van der Waals surface area contributed by atoms with E-state index in [2.05, 4.69) is 53.7 Å². The number of benzene rings is 1. The summed E-state index contributed by atoms with van der Waals surface area (Å²) >= 11 is 0. The first-order valence-corrected chi connectivity index (χ1v) is 9.18. The maximum absolute atomic E-state index is 12.3. The number of nitrogens with one attached hydrogen (secondary N) is 2. The summed E-state index contributed by atoms with van der Waals surface area (Å²) in [6.45, 7) is 2.25. The molecule has 136 valence electrons. The van der Waals surface area contributed by atoms with E-state index < -0.39 is 0 Å². The number of aromatic nitrogens is 1. The number of ether oxygens (including phenoxy) is 1. The van der Waals surface area contributed by atoms with Gasteiger partial charge in [-0.2, -0.15) is 0 Å². The molecule has 5 nitrogen and oxygen atoms in total. The minimum Gasteiger partial charge on any atom is -0.381 e. The molecule has 0 radical (unpaired) electrons. The molecule has 0 saturated carbocycles. The van der Waals surface area contributed by atoms with E-state index in [4.69, 9.17) is 4.74 Å². The van der Waals surface area contributed by atoms with Crippen LogP contribution >= 0.6 is 0 Å². The molecular weight excluding hydrogens is 314 g/mol. The molecule has 1 amide bonds. The van der Waals surface area contributed by atoms with Gasteiger partial charge < -0.3 is 19.9 Å².